The molecule has 0 saturated carbocycles. The van der Waals surface area contributed by atoms with E-state index in [1.807, 2.05) is 44.2 Å². The van der Waals surface area contributed by atoms with Crippen molar-refractivity contribution in [2.45, 2.75) is 45.0 Å². The van der Waals surface area contributed by atoms with Crippen molar-refractivity contribution in [3.63, 3.8) is 0 Å². The molecule has 0 aliphatic carbocycles. The number of carbonyl (C=O) groups excluding carboxylic acids is 1. The van der Waals surface area contributed by atoms with Crippen LogP contribution in [0.5, 0.6) is 0 Å². The van der Waals surface area contributed by atoms with E-state index in [2.05, 4.69) is 0 Å². The van der Waals surface area contributed by atoms with Crippen LogP contribution in [-0.2, 0) is 9.47 Å². The van der Waals surface area contributed by atoms with Crippen LogP contribution in [0, 0.1) is 0 Å². The molecule has 0 radical (unpaired) electrons. The summed E-state index contributed by atoms with van der Waals surface area (Å²) < 4.78 is 11.4. The van der Waals surface area contributed by atoms with Crippen LogP contribution in [0.3, 0.4) is 0 Å². The average molecular weight is 248 g/mol. The highest BCUT2D eigenvalue weighted by atomic mass is 16.5. The van der Waals surface area contributed by atoms with Gasteiger partial charge in [0.1, 0.15) is 6.61 Å². The Kier molecular flexibility index (Phi) is 4.50. The van der Waals surface area contributed by atoms with Crippen molar-refractivity contribution in [1.82, 2.24) is 0 Å². The molecule has 1 aliphatic rings. The van der Waals surface area contributed by atoms with Gasteiger partial charge in [0, 0.05) is 5.56 Å². The third kappa shape index (κ3) is 3.65. The standard InChI is InChI=1S/C15H20O3/c1-11-8-14(9-12(2)18-11)17-10-15(16)13-6-4-3-5-7-13/h3-7,11-12,14H,8-10H2,1-2H3. The molecule has 0 amide bonds. The summed E-state index contributed by atoms with van der Waals surface area (Å²) in [6.07, 6.45) is 2.30. The zero-order chi connectivity index (χ0) is 13.0. The second-order valence-corrected chi connectivity index (χ2v) is 4.95. The second-order valence-electron chi connectivity index (χ2n) is 4.95. The van der Waals surface area contributed by atoms with Crippen LogP contribution in [0.1, 0.15) is 37.0 Å². The minimum absolute atomic E-state index is 0.0439. The van der Waals surface area contributed by atoms with Gasteiger partial charge >= 0.3 is 0 Å². The van der Waals surface area contributed by atoms with E-state index in [-0.39, 0.29) is 30.7 Å². The molecule has 2 atom stereocenters. The average Bonchev–Trinajstić information content (AvgIpc) is 2.36. The Bertz CT molecular complexity index is 378. The highest BCUT2D eigenvalue weighted by Crippen LogP contribution is 2.21. The van der Waals surface area contributed by atoms with Crippen molar-refractivity contribution < 1.29 is 14.3 Å². The van der Waals surface area contributed by atoms with E-state index in [0.29, 0.717) is 5.56 Å². The predicted molar refractivity (Wildman–Crippen MR) is 69.8 cm³/mol. The lowest BCUT2D eigenvalue weighted by Crippen LogP contribution is -2.35. The van der Waals surface area contributed by atoms with Gasteiger partial charge in [0.15, 0.2) is 5.78 Å². The third-order valence-corrected chi connectivity index (χ3v) is 3.20. The number of Topliss-reactive ketones (excluding diaryl/α,β-unsaturated/α-hetero) is 1. The molecule has 1 fully saturated rings. The molecule has 98 valence electrons. The van der Waals surface area contributed by atoms with E-state index in [1.54, 1.807) is 0 Å². The lowest BCUT2D eigenvalue weighted by Gasteiger charge is -2.31. The topological polar surface area (TPSA) is 35.5 Å². The van der Waals surface area contributed by atoms with Crippen molar-refractivity contribution in [3.8, 4) is 0 Å². The molecule has 1 heterocycles. The van der Waals surface area contributed by atoms with Crippen LogP contribution in [0.15, 0.2) is 30.3 Å². The Labute approximate surface area is 108 Å². The Morgan fingerprint density at radius 2 is 1.83 bits per heavy atom. The fraction of sp³-hybridized carbons (Fsp3) is 0.533. The van der Waals surface area contributed by atoms with Gasteiger partial charge in [-0.2, -0.15) is 0 Å². The zero-order valence-electron chi connectivity index (χ0n) is 11.0. The summed E-state index contributed by atoms with van der Waals surface area (Å²) in [6, 6.07) is 9.28. The highest BCUT2D eigenvalue weighted by Gasteiger charge is 2.25. The fourth-order valence-electron chi connectivity index (χ4n) is 2.38. The molecule has 2 unspecified atom stereocenters. The molecule has 1 aromatic carbocycles. The minimum atomic E-state index is 0.0439. The Morgan fingerprint density at radius 3 is 2.44 bits per heavy atom. The maximum absolute atomic E-state index is 11.9. The van der Waals surface area contributed by atoms with E-state index >= 15 is 0 Å². The summed E-state index contributed by atoms with van der Waals surface area (Å²) >= 11 is 0. The largest absolute Gasteiger partial charge is 0.375 e. The second kappa shape index (κ2) is 6.12. The predicted octanol–water partition coefficient (Wildman–Crippen LogP) is 2.84. The number of hydrogen-bond acceptors (Lipinski definition) is 3. The van der Waals surface area contributed by atoms with Gasteiger partial charge < -0.3 is 9.47 Å². The summed E-state index contributed by atoms with van der Waals surface area (Å²) in [6.45, 7) is 4.25. The van der Waals surface area contributed by atoms with Gasteiger partial charge in [0.05, 0.1) is 18.3 Å². The van der Waals surface area contributed by atoms with Crippen molar-refractivity contribution in [2.75, 3.05) is 6.61 Å². The monoisotopic (exact) mass is 248 g/mol. The SMILES string of the molecule is CC1CC(OCC(=O)c2ccccc2)CC(C)O1. The smallest absolute Gasteiger partial charge is 0.188 e. The first-order valence-electron chi connectivity index (χ1n) is 6.50. The molecule has 1 aliphatic heterocycles. The molecule has 18 heavy (non-hydrogen) atoms. The lowest BCUT2D eigenvalue weighted by molar-refractivity contribution is -0.0975. The molecule has 0 spiro atoms. The number of ketones is 1. The van der Waals surface area contributed by atoms with Crippen LogP contribution in [0.25, 0.3) is 0 Å². The summed E-state index contributed by atoms with van der Waals surface area (Å²) in [7, 11) is 0. The molecule has 1 saturated heterocycles. The maximum Gasteiger partial charge on any atom is 0.188 e. The molecule has 3 heteroatoms. The van der Waals surface area contributed by atoms with Gasteiger partial charge in [0.25, 0.3) is 0 Å². The first-order valence-corrected chi connectivity index (χ1v) is 6.50. The zero-order valence-corrected chi connectivity index (χ0v) is 11.0. The Morgan fingerprint density at radius 1 is 1.22 bits per heavy atom. The van der Waals surface area contributed by atoms with E-state index in [9.17, 15) is 4.79 Å². The van der Waals surface area contributed by atoms with Crippen molar-refractivity contribution in [1.29, 1.82) is 0 Å². The quantitative estimate of drug-likeness (QED) is 0.769. The van der Waals surface area contributed by atoms with E-state index in [4.69, 9.17) is 9.47 Å². The number of hydrogen-bond donors (Lipinski definition) is 0. The first kappa shape index (κ1) is 13.2. The summed E-state index contributed by atoms with van der Waals surface area (Å²) in [5, 5.41) is 0. The van der Waals surface area contributed by atoms with Crippen LogP contribution < -0.4 is 0 Å². The number of carbonyl (C=O) groups is 1. The van der Waals surface area contributed by atoms with Crippen LogP contribution in [0.4, 0.5) is 0 Å². The molecule has 0 aromatic heterocycles. The molecule has 3 nitrogen and oxygen atoms in total. The lowest BCUT2D eigenvalue weighted by atomic mass is 10.0. The van der Waals surface area contributed by atoms with Gasteiger partial charge in [-0.1, -0.05) is 30.3 Å². The van der Waals surface area contributed by atoms with Crippen molar-refractivity contribution in [3.05, 3.63) is 35.9 Å². The maximum atomic E-state index is 11.9. The number of benzene rings is 1. The van der Waals surface area contributed by atoms with Crippen LogP contribution in [0.2, 0.25) is 0 Å². The summed E-state index contributed by atoms with van der Waals surface area (Å²) in [5.41, 5.74) is 0.714. The Hall–Kier alpha value is -1.19. The first-order chi connectivity index (χ1) is 8.65. The van der Waals surface area contributed by atoms with Crippen molar-refractivity contribution in [2.24, 2.45) is 0 Å². The molecule has 2 rings (SSSR count). The summed E-state index contributed by atoms with van der Waals surface area (Å²) in [5.74, 6) is 0.0439. The van der Waals surface area contributed by atoms with Crippen molar-refractivity contribution >= 4 is 5.78 Å². The minimum Gasteiger partial charge on any atom is -0.375 e. The third-order valence-electron chi connectivity index (χ3n) is 3.20. The number of ether oxygens (including phenoxy) is 2. The van der Waals surface area contributed by atoms with Gasteiger partial charge in [-0.25, -0.2) is 0 Å². The van der Waals surface area contributed by atoms with Gasteiger partial charge in [-0.15, -0.1) is 0 Å². The van der Waals surface area contributed by atoms with E-state index in [0.717, 1.165) is 12.8 Å². The van der Waals surface area contributed by atoms with Gasteiger partial charge in [-0.3, -0.25) is 4.79 Å². The molecular formula is C15H20O3. The highest BCUT2D eigenvalue weighted by molar-refractivity contribution is 5.96. The van der Waals surface area contributed by atoms with E-state index in [1.165, 1.54) is 0 Å². The molecular weight excluding hydrogens is 228 g/mol. The number of rotatable bonds is 4. The molecule has 0 bridgehead atoms. The normalized spacial score (nSPS) is 28.0. The molecule has 0 N–H and O–H groups in total. The molecule has 1 aromatic rings. The van der Waals surface area contributed by atoms with Gasteiger partial charge in [0.2, 0.25) is 0 Å². The van der Waals surface area contributed by atoms with Crippen LogP contribution >= 0.6 is 0 Å². The van der Waals surface area contributed by atoms with E-state index < -0.39 is 0 Å². The fourth-order valence-corrected chi connectivity index (χ4v) is 2.38. The summed E-state index contributed by atoms with van der Waals surface area (Å²) in [4.78, 5) is 11.9. The van der Waals surface area contributed by atoms with Crippen LogP contribution in [-0.4, -0.2) is 30.7 Å². The van der Waals surface area contributed by atoms with Gasteiger partial charge in [-0.05, 0) is 26.7 Å². The Balaban J connectivity index is 1.83.